The van der Waals surface area contributed by atoms with Crippen molar-refractivity contribution in [2.75, 3.05) is 0 Å². The minimum atomic E-state index is -0.572. The number of carbonyl (C=O) groups excluding carboxylic acids is 2. The lowest BCUT2D eigenvalue weighted by molar-refractivity contribution is 0.0978. The number of hydrogen-bond acceptors (Lipinski definition) is 6. The Morgan fingerprint density at radius 3 is 2.19 bits per heavy atom. The number of carbonyl (C=O) groups is 2. The quantitative estimate of drug-likeness (QED) is 0.612. The molecule has 0 amide bonds. The van der Waals surface area contributed by atoms with Gasteiger partial charge in [-0.1, -0.05) is 24.3 Å². The van der Waals surface area contributed by atoms with Crippen molar-refractivity contribution in [2.24, 2.45) is 0 Å². The van der Waals surface area contributed by atoms with E-state index in [1.54, 1.807) is 36.4 Å². The molecule has 0 radical (unpaired) electrons. The van der Waals surface area contributed by atoms with Gasteiger partial charge < -0.3 is 14.3 Å². The second kappa shape index (κ2) is 6.00. The third-order valence-corrected chi connectivity index (χ3v) is 4.14. The molecule has 6 heteroatoms. The molecule has 2 aromatic carbocycles. The Morgan fingerprint density at radius 1 is 0.846 bits per heavy atom. The summed E-state index contributed by atoms with van der Waals surface area (Å²) >= 11 is 0. The zero-order chi connectivity index (χ0) is 18.3. The van der Waals surface area contributed by atoms with E-state index in [2.05, 4.69) is 0 Å². The van der Waals surface area contributed by atoms with E-state index in [0.29, 0.717) is 22.4 Å². The molecule has 1 N–H and O–H groups in total. The summed E-state index contributed by atoms with van der Waals surface area (Å²) in [6, 6.07) is 12.4. The van der Waals surface area contributed by atoms with Gasteiger partial charge in [0.25, 0.3) is 0 Å². The number of rotatable bonds is 3. The molecule has 3 aromatic rings. The highest BCUT2D eigenvalue weighted by Gasteiger charge is 2.29. The molecule has 0 saturated heterocycles. The smallest absolute Gasteiger partial charge is 0.226 e. The van der Waals surface area contributed by atoms with Gasteiger partial charge in [0, 0.05) is 28.3 Å². The van der Waals surface area contributed by atoms with Crippen LogP contribution in [0.1, 0.15) is 37.6 Å². The van der Waals surface area contributed by atoms with E-state index in [4.69, 9.17) is 9.15 Å². The molecule has 0 unspecified atom stereocenters. The average Bonchev–Trinajstić information content (AvgIpc) is 2.67. The summed E-state index contributed by atoms with van der Waals surface area (Å²) < 4.78 is 10.6. The van der Waals surface area contributed by atoms with Crippen LogP contribution in [0.3, 0.4) is 0 Å². The van der Waals surface area contributed by atoms with Crippen LogP contribution in [0.4, 0.5) is 0 Å². The topological polar surface area (TPSA) is 93.8 Å². The van der Waals surface area contributed by atoms with E-state index in [1.807, 2.05) is 0 Å². The second-order valence-corrected chi connectivity index (χ2v) is 5.80. The van der Waals surface area contributed by atoms with Gasteiger partial charge in [-0.05, 0) is 18.2 Å². The third-order valence-electron chi connectivity index (χ3n) is 4.14. The van der Waals surface area contributed by atoms with Gasteiger partial charge in [-0.2, -0.15) is 0 Å². The van der Waals surface area contributed by atoms with Crippen LogP contribution in [0.5, 0.6) is 11.5 Å². The molecule has 0 aliphatic heterocycles. The monoisotopic (exact) mass is 348 g/mol. The van der Waals surface area contributed by atoms with Crippen molar-refractivity contribution in [1.82, 2.24) is 0 Å². The van der Waals surface area contributed by atoms with Crippen LogP contribution in [0.2, 0.25) is 0 Å². The van der Waals surface area contributed by atoms with Crippen molar-refractivity contribution in [3.8, 4) is 11.5 Å². The van der Waals surface area contributed by atoms with Crippen molar-refractivity contribution in [1.29, 1.82) is 0 Å². The van der Waals surface area contributed by atoms with E-state index < -0.39 is 11.2 Å². The summed E-state index contributed by atoms with van der Waals surface area (Å²) in [6.07, 6.45) is 0.938. The number of fused-ring (bicyclic) bond motifs is 2. The summed E-state index contributed by atoms with van der Waals surface area (Å²) in [6.45, 7) is -0.0625. The minimum Gasteiger partial charge on any atom is -0.502 e. The number of hydrogen-bond donors (Lipinski definition) is 1. The first kappa shape index (κ1) is 15.8. The second-order valence-electron chi connectivity index (χ2n) is 5.80. The lowest BCUT2D eigenvalue weighted by Gasteiger charge is -2.18. The Balaban J connectivity index is 1.63. The fraction of sp³-hybridized carbons (Fsp3) is 0.0500. The van der Waals surface area contributed by atoms with Crippen LogP contribution in [-0.2, 0) is 6.61 Å². The highest BCUT2D eigenvalue weighted by molar-refractivity contribution is 6.28. The summed E-state index contributed by atoms with van der Waals surface area (Å²) in [7, 11) is 0. The van der Waals surface area contributed by atoms with Gasteiger partial charge in [0.15, 0.2) is 17.3 Å². The minimum absolute atomic E-state index is 0.0625. The van der Waals surface area contributed by atoms with Crippen molar-refractivity contribution in [2.45, 2.75) is 6.61 Å². The van der Waals surface area contributed by atoms with Crippen LogP contribution in [0.25, 0.3) is 0 Å². The lowest BCUT2D eigenvalue weighted by Crippen LogP contribution is -2.20. The van der Waals surface area contributed by atoms with E-state index in [-0.39, 0.29) is 29.5 Å². The largest absolute Gasteiger partial charge is 0.502 e. The molecule has 0 atom stereocenters. The fourth-order valence-corrected chi connectivity index (χ4v) is 2.84. The third kappa shape index (κ3) is 2.57. The normalized spacial score (nSPS) is 12.5. The van der Waals surface area contributed by atoms with Gasteiger partial charge in [0.05, 0.1) is 0 Å². The molecular formula is C20H12O6. The van der Waals surface area contributed by atoms with Crippen LogP contribution < -0.4 is 10.2 Å². The Bertz CT molecular complexity index is 1110. The van der Waals surface area contributed by atoms with Gasteiger partial charge in [-0.25, -0.2) is 0 Å². The molecule has 26 heavy (non-hydrogen) atoms. The maximum atomic E-state index is 12.7. The highest BCUT2D eigenvalue weighted by atomic mass is 16.5. The zero-order valence-electron chi connectivity index (χ0n) is 13.4. The molecule has 128 valence electrons. The van der Waals surface area contributed by atoms with Gasteiger partial charge in [-0.3, -0.25) is 14.4 Å². The van der Waals surface area contributed by atoms with Gasteiger partial charge in [0.2, 0.25) is 5.43 Å². The van der Waals surface area contributed by atoms with Gasteiger partial charge in [0.1, 0.15) is 24.4 Å². The molecule has 1 aliphatic rings. The van der Waals surface area contributed by atoms with E-state index in [1.165, 1.54) is 6.07 Å². The number of ketones is 2. The first-order valence-electron chi connectivity index (χ1n) is 7.80. The molecule has 1 aromatic heterocycles. The van der Waals surface area contributed by atoms with E-state index in [9.17, 15) is 19.5 Å². The van der Waals surface area contributed by atoms with Crippen molar-refractivity contribution < 1.29 is 23.8 Å². The van der Waals surface area contributed by atoms with Crippen molar-refractivity contribution >= 4 is 11.6 Å². The predicted molar refractivity (Wildman–Crippen MR) is 90.7 cm³/mol. The Morgan fingerprint density at radius 2 is 1.50 bits per heavy atom. The molecule has 4 rings (SSSR count). The maximum Gasteiger partial charge on any atom is 0.226 e. The molecule has 0 bridgehead atoms. The van der Waals surface area contributed by atoms with Crippen LogP contribution in [0.15, 0.2) is 64.0 Å². The fourth-order valence-electron chi connectivity index (χ4n) is 2.84. The predicted octanol–water partition coefficient (Wildman–Crippen LogP) is 2.70. The van der Waals surface area contributed by atoms with E-state index in [0.717, 1.165) is 12.3 Å². The first-order chi connectivity index (χ1) is 12.5. The summed E-state index contributed by atoms with van der Waals surface area (Å²) in [5, 5.41) is 9.18. The standard InChI is InChI=1S/C20H12O6/c21-17-8-12(26-10-18(17)22)9-25-11-5-6-15-16(7-11)20(24)14-4-2-1-3-13(14)19(15)23/h1-8,10,22H,9H2. The van der Waals surface area contributed by atoms with Crippen LogP contribution in [-0.4, -0.2) is 16.7 Å². The Labute approximate surface area is 147 Å². The summed E-state index contributed by atoms with van der Waals surface area (Å²) in [5.41, 5.74) is 0.796. The summed E-state index contributed by atoms with van der Waals surface area (Å²) in [4.78, 5) is 36.6. The first-order valence-corrected chi connectivity index (χ1v) is 7.80. The maximum absolute atomic E-state index is 12.7. The van der Waals surface area contributed by atoms with Crippen molar-refractivity contribution in [3.05, 3.63) is 93.0 Å². The number of benzene rings is 2. The molecule has 0 saturated carbocycles. The summed E-state index contributed by atoms with van der Waals surface area (Å²) in [5.74, 6) is -0.341. The SMILES string of the molecule is O=C1c2ccccc2C(=O)c2cc(OCc3cc(=O)c(O)co3)ccc21. The zero-order valence-corrected chi connectivity index (χ0v) is 13.4. The number of aromatic hydroxyl groups is 1. The molecule has 1 aliphatic carbocycles. The highest BCUT2D eigenvalue weighted by Crippen LogP contribution is 2.30. The Hall–Kier alpha value is -3.67. The molecule has 0 spiro atoms. The number of ether oxygens (including phenoxy) is 1. The molecule has 6 nitrogen and oxygen atoms in total. The van der Waals surface area contributed by atoms with Gasteiger partial charge >= 0.3 is 0 Å². The average molecular weight is 348 g/mol. The molecular weight excluding hydrogens is 336 g/mol. The Kier molecular flexibility index (Phi) is 3.65. The van der Waals surface area contributed by atoms with Crippen LogP contribution >= 0.6 is 0 Å². The molecule has 0 fully saturated rings. The molecule has 1 heterocycles. The lowest BCUT2D eigenvalue weighted by atomic mass is 9.84. The van der Waals surface area contributed by atoms with E-state index >= 15 is 0 Å². The van der Waals surface area contributed by atoms with Crippen LogP contribution in [0, 0.1) is 0 Å². The van der Waals surface area contributed by atoms with Crippen molar-refractivity contribution in [3.63, 3.8) is 0 Å². The van der Waals surface area contributed by atoms with Gasteiger partial charge in [-0.15, -0.1) is 0 Å².